The van der Waals surface area contributed by atoms with Gasteiger partial charge in [0.1, 0.15) is 5.75 Å². The molecule has 0 aliphatic carbocycles. The molecule has 0 aliphatic rings. The third kappa shape index (κ3) is 5.07. The summed E-state index contributed by atoms with van der Waals surface area (Å²) in [6.45, 7) is 6.67. The molecule has 0 bridgehead atoms. The van der Waals surface area contributed by atoms with E-state index in [1.165, 1.54) is 5.56 Å². The smallest absolute Gasteiger partial charge is 0.191 e. The summed E-state index contributed by atoms with van der Waals surface area (Å²) in [4.78, 5) is 0. The van der Waals surface area contributed by atoms with Gasteiger partial charge in [0.2, 0.25) is 0 Å². The first-order valence-electron chi connectivity index (χ1n) is 7.49. The van der Waals surface area contributed by atoms with Crippen LogP contribution >= 0.6 is 12.2 Å². The van der Waals surface area contributed by atoms with Gasteiger partial charge >= 0.3 is 0 Å². The molecule has 2 rings (SSSR count). The summed E-state index contributed by atoms with van der Waals surface area (Å²) in [5.41, 5.74) is 7.05. The van der Waals surface area contributed by atoms with E-state index < -0.39 is 0 Å². The van der Waals surface area contributed by atoms with Gasteiger partial charge in [-0.05, 0) is 56.8 Å². The molecule has 0 saturated carbocycles. The zero-order chi connectivity index (χ0) is 16.7. The number of hydrogen-bond donors (Lipinski definition) is 2. The van der Waals surface area contributed by atoms with Crippen molar-refractivity contribution in [3.05, 3.63) is 59.2 Å². The van der Waals surface area contributed by atoms with Gasteiger partial charge in [-0.1, -0.05) is 29.8 Å². The van der Waals surface area contributed by atoms with Crippen molar-refractivity contribution in [1.29, 1.82) is 0 Å². The second-order valence-electron chi connectivity index (χ2n) is 5.11. The van der Waals surface area contributed by atoms with Crippen LogP contribution in [0.15, 0.2) is 47.6 Å². The SMILES string of the molecule is CCOc1ccccc1C=NNC(=S)Nc1ccc(C)cc1C. The molecule has 120 valence electrons. The largest absolute Gasteiger partial charge is 0.493 e. The molecule has 4 nitrogen and oxygen atoms in total. The molecule has 0 aliphatic heterocycles. The molecule has 0 spiro atoms. The van der Waals surface area contributed by atoms with Gasteiger partial charge in [0.25, 0.3) is 0 Å². The highest BCUT2D eigenvalue weighted by Gasteiger charge is 2.01. The highest BCUT2D eigenvalue weighted by molar-refractivity contribution is 7.80. The molecule has 2 N–H and O–H groups in total. The number of hydrogen-bond acceptors (Lipinski definition) is 3. The zero-order valence-electron chi connectivity index (χ0n) is 13.6. The van der Waals surface area contributed by atoms with Crippen molar-refractivity contribution in [3.63, 3.8) is 0 Å². The molecule has 2 aromatic rings. The summed E-state index contributed by atoms with van der Waals surface area (Å²) >= 11 is 5.26. The third-order valence-corrected chi connectivity index (χ3v) is 3.41. The summed E-state index contributed by atoms with van der Waals surface area (Å²) in [7, 11) is 0. The summed E-state index contributed by atoms with van der Waals surface area (Å²) in [6.07, 6.45) is 1.70. The quantitative estimate of drug-likeness (QED) is 0.494. The predicted molar refractivity (Wildman–Crippen MR) is 100 cm³/mol. The van der Waals surface area contributed by atoms with Crippen LogP contribution in [-0.2, 0) is 0 Å². The van der Waals surface area contributed by atoms with Crippen LogP contribution in [-0.4, -0.2) is 17.9 Å². The number of hydrazone groups is 1. The fourth-order valence-electron chi connectivity index (χ4n) is 2.14. The minimum absolute atomic E-state index is 0.446. The number of benzene rings is 2. The first-order valence-corrected chi connectivity index (χ1v) is 7.90. The third-order valence-electron chi connectivity index (χ3n) is 3.22. The van der Waals surface area contributed by atoms with Crippen molar-refractivity contribution < 1.29 is 4.74 Å². The molecule has 0 fully saturated rings. The van der Waals surface area contributed by atoms with Crippen molar-refractivity contribution in [2.75, 3.05) is 11.9 Å². The Hall–Kier alpha value is -2.40. The summed E-state index contributed by atoms with van der Waals surface area (Å²) in [6, 6.07) is 13.9. The Morgan fingerprint density at radius 2 is 2.00 bits per heavy atom. The van der Waals surface area contributed by atoms with Gasteiger partial charge in [0, 0.05) is 11.3 Å². The number of aryl methyl sites for hydroxylation is 2. The van der Waals surface area contributed by atoms with Crippen LogP contribution in [0.25, 0.3) is 0 Å². The Morgan fingerprint density at radius 3 is 2.74 bits per heavy atom. The van der Waals surface area contributed by atoms with E-state index in [9.17, 15) is 0 Å². The molecule has 0 heterocycles. The van der Waals surface area contributed by atoms with Crippen LogP contribution in [0.5, 0.6) is 5.75 Å². The van der Waals surface area contributed by atoms with Gasteiger partial charge in [-0.15, -0.1) is 0 Å². The monoisotopic (exact) mass is 327 g/mol. The standard InChI is InChI=1S/C18H21N3OS/c1-4-22-17-8-6-5-7-15(17)12-19-21-18(23)20-16-10-9-13(2)11-14(16)3/h5-12H,4H2,1-3H3,(H2,20,21,23). The number of ether oxygens (including phenoxy) is 1. The summed E-state index contributed by atoms with van der Waals surface area (Å²) in [5.74, 6) is 0.800. The van der Waals surface area contributed by atoms with Crippen molar-refractivity contribution in [3.8, 4) is 5.75 Å². The number of anilines is 1. The summed E-state index contributed by atoms with van der Waals surface area (Å²) < 4.78 is 5.55. The lowest BCUT2D eigenvalue weighted by molar-refractivity contribution is 0.340. The molecule has 23 heavy (non-hydrogen) atoms. The van der Waals surface area contributed by atoms with E-state index in [1.807, 2.05) is 50.2 Å². The van der Waals surface area contributed by atoms with Gasteiger partial charge in [-0.25, -0.2) is 0 Å². The molecule has 0 unspecified atom stereocenters. The van der Waals surface area contributed by atoms with Gasteiger partial charge in [-0.3, -0.25) is 5.43 Å². The first-order chi connectivity index (χ1) is 11.1. The maximum Gasteiger partial charge on any atom is 0.191 e. The molecular formula is C18H21N3OS. The van der Waals surface area contributed by atoms with E-state index in [2.05, 4.69) is 28.8 Å². The average molecular weight is 327 g/mol. The predicted octanol–water partition coefficient (Wildman–Crippen LogP) is 4.02. The van der Waals surface area contributed by atoms with Gasteiger partial charge in [0.15, 0.2) is 5.11 Å². The number of nitrogens with one attached hydrogen (secondary N) is 2. The summed E-state index contributed by atoms with van der Waals surface area (Å²) in [5, 5.41) is 7.75. The van der Waals surface area contributed by atoms with Crippen LogP contribution < -0.4 is 15.5 Å². The fraction of sp³-hybridized carbons (Fsp3) is 0.222. The maximum absolute atomic E-state index is 5.55. The lowest BCUT2D eigenvalue weighted by atomic mass is 10.1. The number of nitrogens with zero attached hydrogens (tertiary/aromatic N) is 1. The van der Waals surface area contributed by atoms with E-state index in [0.29, 0.717) is 11.7 Å². The van der Waals surface area contributed by atoms with Crippen LogP contribution in [0.1, 0.15) is 23.6 Å². The van der Waals surface area contributed by atoms with Gasteiger partial charge in [0.05, 0.1) is 12.8 Å². The minimum atomic E-state index is 0.446. The number of para-hydroxylation sites is 1. The lowest BCUT2D eigenvalue weighted by Gasteiger charge is -2.10. The molecular weight excluding hydrogens is 306 g/mol. The highest BCUT2D eigenvalue weighted by atomic mass is 32.1. The van der Waals surface area contributed by atoms with Crippen LogP contribution in [0.4, 0.5) is 5.69 Å². The van der Waals surface area contributed by atoms with Gasteiger partial charge < -0.3 is 10.1 Å². The minimum Gasteiger partial charge on any atom is -0.493 e. The highest BCUT2D eigenvalue weighted by Crippen LogP contribution is 2.16. The Labute approximate surface area is 142 Å². The molecule has 2 aromatic carbocycles. The lowest BCUT2D eigenvalue weighted by Crippen LogP contribution is -2.24. The second-order valence-corrected chi connectivity index (χ2v) is 5.52. The van der Waals surface area contributed by atoms with Crippen LogP contribution in [0.3, 0.4) is 0 Å². The Bertz CT molecular complexity index is 713. The molecule has 0 radical (unpaired) electrons. The molecule has 0 saturated heterocycles. The first kappa shape index (κ1) is 17.0. The number of thiocarbonyl (C=S) groups is 1. The van der Waals surface area contributed by atoms with E-state index >= 15 is 0 Å². The second kappa shape index (κ2) is 8.29. The Balaban J connectivity index is 1.96. The Morgan fingerprint density at radius 1 is 1.22 bits per heavy atom. The van der Waals surface area contributed by atoms with E-state index in [4.69, 9.17) is 17.0 Å². The topological polar surface area (TPSA) is 45.6 Å². The molecule has 0 atom stereocenters. The van der Waals surface area contributed by atoms with Crippen LogP contribution in [0.2, 0.25) is 0 Å². The molecule has 0 amide bonds. The van der Waals surface area contributed by atoms with Crippen molar-refractivity contribution >= 4 is 29.2 Å². The normalized spacial score (nSPS) is 10.6. The van der Waals surface area contributed by atoms with E-state index in [0.717, 1.165) is 22.6 Å². The Kier molecular flexibility index (Phi) is 6.11. The van der Waals surface area contributed by atoms with Crippen molar-refractivity contribution in [2.24, 2.45) is 5.10 Å². The van der Waals surface area contributed by atoms with Crippen molar-refractivity contribution in [1.82, 2.24) is 5.43 Å². The number of rotatable bonds is 5. The molecule has 0 aromatic heterocycles. The van der Waals surface area contributed by atoms with Crippen LogP contribution in [0, 0.1) is 13.8 Å². The van der Waals surface area contributed by atoms with E-state index in [-0.39, 0.29) is 0 Å². The zero-order valence-corrected chi connectivity index (χ0v) is 14.4. The average Bonchev–Trinajstić information content (AvgIpc) is 2.52. The van der Waals surface area contributed by atoms with E-state index in [1.54, 1.807) is 6.21 Å². The van der Waals surface area contributed by atoms with Gasteiger partial charge in [-0.2, -0.15) is 5.10 Å². The molecule has 5 heteroatoms. The van der Waals surface area contributed by atoms with Crippen molar-refractivity contribution in [2.45, 2.75) is 20.8 Å². The fourth-order valence-corrected chi connectivity index (χ4v) is 2.30. The maximum atomic E-state index is 5.55.